The van der Waals surface area contributed by atoms with Gasteiger partial charge in [-0.15, -0.1) is 12.4 Å². The largest absolute Gasteiger partial charge is 0.496 e. The van der Waals surface area contributed by atoms with E-state index in [0.29, 0.717) is 31.9 Å². The predicted molar refractivity (Wildman–Crippen MR) is 108 cm³/mol. The van der Waals surface area contributed by atoms with Crippen molar-refractivity contribution in [3.63, 3.8) is 0 Å². The first-order valence-corrected chi connectivity index (χ1v) is 10.4. The fourth-order valence-electron chi connectivity index (χ4n) is 3.48. The molecule has 1 heterocycles. The molecule has 2 N–H and O–H groups in total. The molecule has 1 aliphatic rings. The van der Waals surface area contributed by atoms with Crippen LogP contribution in [0.1, 0.15) is 37.6 Å². The molecule has 2 atom stereocenters. The number of sulfonamides is 1. The van der Waals surface area contributed by atoms with Gasteiger partial charge in [-0.05, 0) is 44.0 Å². The number of carbonyl (C=O) groups is 1. The van der Waals surface area contributed by atoms with Crippen molar-refractivity contribution in [2.45, 2.75) is 38.1 Å². The SMILES string of the molecule is CCN(CC)S(=O)(=O)c1ccc(OC)c(C(=O)N2CC(CN)CC2C)c1.Cl. The van der Waals surface area contributed by atoms with Crippen molar-refractivity contribution in [2.24, 2.45) is 11.7 Å². The normalized spacial score (nSPS) is 19.9. The number of hydrogen-bond acceptors (Lipinski definition) is 5. The number of ether oxygens (including phenoxy) is 1. The Bertz CT molecular complexity index is 753. The van der Waals surface area contributed by atoms with Crippen LogP contribution >= 0.6 is 12.4 Å². The Morgan fingerprint density at radius 3 is 2.44 bits per heavy atom. The second-order valence-corrected chi connectivity index (χ2v) is 8.53. The Hall–Kier alpha value is -1.35. The number of halogens is 1. The van der Waals surface area contributed by atoms with Crippen LogP contribution in [0, 0.1) is 5.92 Å². The number of benzene rings is 1. The zero-order valence-electron chi connectivity index (χ0n) is 16.3. The number of carbonyl (C=O) groups excluding carboxylic acids is 1. The molecule has 1 aliphatic heterocycles. The van der Waals surface area contributed by atoms with Gasteiger partial charge in [0.15, 0.2) is 0 Å². The monoisotopic (exact) mass is 419 g/mol. The Morgan fingerprint density at radius 2 is 1.96 bits per heavy atom. The lowest BCUT2D eigenvalue weighted by atomic mass is 10.1. The molecule has 0 saturated carbocycles. The van der Waals surface area contributed by atoms with Crippen LogP contribution < -0.4 is 10.5 Å². The highest BCUT2D eigenvalue weighted by Gasteiger charge is 2.34. The molecule has 154 valence electrons. The summed E-state index contributed by atoms with van der Waals surface area (Å²) in [5.74, 6) is 0.418. The van der Waals surface area contributed by atoms with Crippen molar-refractivity contribution >= 4 is 28.3 Å². The smallest absolute Gasteiger partial charge is 0.257 e. The Morgan fingerprint density at radius 1 is 1.33 bits per heavy atom. The summed E-state index contributed by atoms with van der Waals surface area (Å²) in [7, 11) is -2.17. The van der Waals surface area contributed by atoms with Gasteiger partial charge >= 0.3 is 0 Å². The zero-order chi connectivity index (χ0) is 19.5. The summed E-state index contributed by atoms with van der Waals surface area (Å²) in [6.45, 7) is 7.40. The van der Waals surface area contributed by atoms with Crippen LogP contribution in [-0.2, 0) is 10.0 Å². The summed E-state index contributed by atoms with van der Waals surface area (Å²) < 4.78 is 32.3. The maximum absolute atomic E-state index is 13.1. The van der Waals surface area contributed by atoms with Gasteiger partial charge in [0.05, 0.1) is 17.6 Å². The molecule has 0 aliphatic carbocycles. The lowest BCUT2D eigenvalue weighted by Crippen LogP contribution is -2.35. The van der Waals surface area contributed by atoms with Crippen molar-refractivity contribution in [1.82, 2.24) is 9.21 Å². The van der Waals surface area contributed by atoms with E-state index < -0.39 is 10.0 Å². The van der Waals surface area contributed by atoms with Crippen LogP contribution in [-0.4, -0.2) is 62.9 Å². The number of amides is 1. The zero-order valence-corrected chi connectivity index (χ0v) is 18.0. The first kappa shape index (κ1) is 23.7. The molecule has 0 spiro atoms. The van der Waals surface area contributed by atoms with Crippen LogP contribution in [0.15, 0.2) is 23.1 Å². The fourth-order valence-corrected chi connectivity index (χ4v) is 4.96. The molecule has 0 bridgehead atoms. The topological polar surface area (TPSA) is 92.9 Å². The third-order valence-corrected chi connectivity index (χ3v) is 7.05. The number of nitrogens with zero attached hydrogens (tertiary/aromatic N) is 2. The molecule has 9 heteroatoms. The van der Waals surface area contributed by atoms with Gasteiger partial charge in [-0.2, -0.15) is 4.31 Å². The van der Waals surface area contributed by atoms with E-state index in [0.717, 1.165) is 6.42 Å². The molecule has 7 nitrogen and oxygen atoms in total. The number of nitrogens with two attached hydrogens (primary N) is 1. The molecule has 0 radical (unpaired) electrons. The molecule has 2 unspecified atom stereocenters. The van der Waals surface area contributed by atoms with E-state index in [1.165, 1.54) is 23.5 Å². The van der Waals surface area contributed by atoms with E-state index in [4.69, 9.17) is 10.5 Å². The number of methoxy groups -OCH3 is 1. The second-order valence-electron chi connectivity index (χ2n) is 6.60. The molecular weight excluding hydrogens is 390 g/mol. The van der Waals surface area contributed by atoms with Gasteiger partial charge in [0.1, 0.15) is 5.75 Å². The van der Waals surface area contributed by atoms with E-state index >= 15 is 0 Å². The van der Waals surface area contributed by atoms with Gasteiger partial charge in [-0.25, -0.2) is 8.42 Å². The minimum absolute atomic E-state index is 0. The van der Waals surface area contributed by atoms with Crippen LogP contribution in [0.5, 0.6) is 5.75 Å². The Balaban J connectivity index is 0.00000364. The van der Waals surface area contributed by atoms with Gasteiger partial charge in [0.2, 0.25) is 10.0 Å². The molecule has 27 heavy (non-hydrogen) atoms. The van der Waals surface area contributed by atoms with Crippen molar-refractivity contribution in [3.8, 4) is 5.75 Å². The quantitative estimate of drug-likeness (QED) is 0.729. The Kier molecular flexibility index (Phi) is 8.53. The first-order valence-electron chi connectivity index (χ1n) is 8.99. The molecule has 1 amide bonds. The maximum atomic E-state index is 13.1. The van der Waals surface area contributed by atoms with Crippen LogP contribution in [0.2, 0.25) is 0 Å². The van der Waals surface area contributed by atoms with Crippen LogP contribution in [0.25, 0.3) is 0 Å². The standard InChI is InChI=1S/C18H29N3O4S.ClH/c1-5-20(6-2)26(23,24)15-7-8-17(25-4)16(10-15)18(22)21-12-14(11-19)9-13(21)3;/h7-8,10,13-14H,5-6,9,11-12,19H2,1-4H3;1H. The Labute approximate surface area is 168 Å². The van der Waals surface area contributed by atoms with Crippen LogP contribution in [0.4, 0.5) is 0 Å². The van der Waals surface area contributed by atoms with Gasteiger partial charge < -0.3 is 15.4 Å². The van der Waals surface area contributed by atoms with Gasteiger partial charge in [0, 0.05) is 25.7 Å². The highest BCUT2D eigenvalue weighted by atomic mass is 35.5. The summed E-state index contributed by atoms with van der Waals surface area (Å²) in [4.78, 5) is 14.9. The van der Waals surface area contributed by atoms with Crippen LogP contribution in [0.3, 0.4) is 0 Å². The van der Waals surface area contributed by atoms with E-state index in [-0.39, 0.29) is 40.7 Å². The average molecular weight is 420 g/mol. The summed E-state index contributed by atoms with van der Waals surface area (Å²) in [6, 6.07) is 4.52. The summed E-state index contributed by atoms with van der Waals surface area (Å²) in [6.07, 6.45) is 0.849. The van der Waals surface area contributed by atoms with Crippen molar-refractivity contribution in [2.75, 3.05) is 33.3 Å². The highest BCUT2D eigenvalue weighted by Crippen LogP contribution is 2.30. The average Bonchev–Trinajstić information content (AvgIpc) is 3.02. The lowest BCUT2D eigenvalue weighted by Gasteiger charge is -2.24. The van der Waals surface area contributed by atoms with Gasteiger partial charge in [-0.3, -0.25) is 4.79 Å². The fraction of sp³-hybridized carbons (Fsp3) is 0.611. The number of likely N-dealkylation sites (tertiary alicyclic amines) is 1. The third-order valence-electron chi connectivity index (χ3n) is 5.00. The third kappa shape index (κ3) is 4.74. The second kappa shape index (κ2) is 9.73. The van der Waals surface area contributed by atoms with E-state index in [9.17, 15) is 13.2 Å². The number of rotatable bonds is 7. The minimum Gasteiger partial charge on any atom is -0.496 e. The van der Waals surface area contributed by atoms with Gasteiger partial charge in [-0.1, -0.05) is 13.8 Å². The molecular formula is C18H30ClN3O4S. The van der Waals surface area contributed by atoms with Crippen molar-refractivity contribution in [1.29, 1.82) is 0 Å². The van der Waals surface area contributed by atoms with Crippen molar-refractivity contribution < 1.29 is 17.9 Å². The summed E-state index contributed by atoms with van der Waals surface area (Å²) in [5, 5.41) is 0. The lowest BCUT2D eigenvalue weighted by molar-refractivity contribution is 0.0739. The molecule has 0 aromatic heterocycles. The van der Waals surface area contributed by atoms with Gasteiger partial charge in [0.25, 0.3) is 5.91 Å². The minimum atomic E-state index is -3.65. The molecule has 1 fully saturated rings. The first-order chi connectivity index (χ1) is 12.3. The molecule has 2 rings (SSSR count). The summed E-state index contributed by atoms with van der Waals surface area (Å²) in [5.41, 5.74) is 6.02. The maximum Gasteiger partial charge on any atom is 0.257 e. The highest BCUT2D eigenvalue weighted by molar-refractivity contribution is 7.89. The van der Waals surface area contributed by atoms with E-state index in [1.807, 2.05) is 6.92 Å². The van der Waals surface area contributed by atoms with E-state index in [1.54, 1.807) is 24.8 Å². The predicted octanol–water partition coefficient (Wildman–Crippen LogP) is 1.96. The van der Waals surface area contributed by atoms with Crippen molar-refractivity contribution in [3.05, 3.63) is 23.8 Å². The van der Waals surface area contributed by atoms with E-state index in [2.05, 4.69) is 0 Å². The summed E-state index contributed by atoms with van der Waals surface area (Å²) >= 11 is 0. The molecule has 1 saturated heterocycles. The molecule has 1 aromatic rings. The molecule has 1 aromatic carbocycles. The number of hydrogen-bond donors (Lipinski definition) is 1.